The molecule has 0 radical (unpaired) electrons. The van der Waals surface area contributed by atoms with E-state index in [1.807, 2.05) is 0 Å². The van der Waals surface area contributed by atoms with Crippen LogP contribution in [0.1, 0.15) is 24.5 Å². The van der Waals surface area contributed by atoms with Gasteiger partial charge < -0.3 is 10.0 Å². The molecule has 2 nitrogen and oxygen atoms in total. The van der Waals surface area contributed by atoms with Crippen LogP contribution in [-0.2, 0) is 0 Å². The van der Waals surface area contributed by atoms with Crippen LogP contribution < -0.4 is 4.90 Å². The summed E-state index contributed by atoms with van der Waals surface area (Å²) in [4.78, 5) is 2.23. The van der Waals surface area contributed by atoms with Gasteiger partial charge in [0, 0.05) is 18.8 Å². The summed E-state index contributed by atoms with van der Waals surface area (Å²) in [5.41, 5.74) is 3.85. The predicted molar refractivity (Wildman–Crippen MR) is 65.5 cm³/mol. The molecule has 1 aromatic carbocycles. The van der Waals surface area contributed by atoms with E-state index in [0.717, 1.165) is 19.5 Å². The van der Waals surface area contributed by atoms with E-state index in [4.69, 9.17) is 5.11 Å². The zero-order chi connectivity index (χ0) is 11.3. The standard InChI is InChI=1S/C13H21NO/c1-4-7-14(8-9-15)13-6-5-11(2)12(3)10-13/h5-6,10,15H,4,7-9H2,1-3H3. The van der Waals surface area contributed by atoms with Gasteiger partial charge in [0.05, 0.1) is 6.61 Å². The Morgan fingerprint density at radius 1 is 1.13 bits per heavy atom. The number of hydrogen-bond donors (Lipinski definition) is 1. The first kappa shape index (κ1) is 12.1. The number of aliphatic hydroxyl groups excluding tert-OH is 1. The first-order valence-electron chi connectivity index (χ1n) is 5.62. The zero-order valence-corrected chi connectivity index (χ0v) is 9.95. The van der Waals surface area contributed by atoms with Crippen LogP contribution in [0.5, 0.6) is 0 Å². The van der Waals surface area contributed by atoms with Gasteiger partial charge in [-0.25, -0.2) is 0 Å². The molecule has 0 saturated carbocycles. The van der Waals surface area contributed by atoms with Gasteiger partial charge in [0.1, 0.15) is 0 Å². The minimum atomic E-state index is 0.215. The maximum atomic E-state index is 9.01. The van der Waals surface area contributed by atoms with E-state index in [0.29, 0.717) is 0 Å². The Morgan fingerprint density at radius 2 is 1.87 bits per heavy atom. The van der Waals surface area contributed by atoms with Gasteiger partial charge in [-0.1, -0.05) is 13.0 Å². The molecule has 1 rings (SSSR count). The Balaban J connectivity index is 2.85. The van der Waals surface area contributed by atoms with Gasteiger partial charge in [0.2, 0.25) is 0 Å². The van der Waals surface area contributed by atoms with E-state index in [1.165, 1.54) is 16.8 Å². The van der Waals surface area contributed by atoms with E-state index in [-0.39, 0.29) is 6.61 Å². The number of aryl methyl sites for hydroxylation is 2. The maximum absolute atomic E-state index is 9.01. The summed E-state index contributed by atoms with van der Waals surface area (Å²) in [6, 6.07) is 6.47. The lowest BCUT2D eigenvalue weighted by Crippen LogP contribution is -2.27. The second-order valence-electron chi connectivity index (χ2n) is 3.98. The van der Waals surface area contributed by atoms with Crippen LogP contribution in [0.3, 0.4) is 0 Å². The fraction of sp³-hybridized carbons (Fsp3) is 0.538. The summed E-state index contributed by atoms with van der Waals surface area (Å²) in [5, 5.41) is 9.01. The third-order valence-electron chi connectivity index (χ3n) is 2.72. The summed E-state index contributed by atoms with van der Waals surface area (Å²) in [6.45, 7) is 8.34. The third kappa shape index (κ3) is 3.24. The number of benzene rings is 1. The average molecular weight is 207 g/mol. The van der Waals surface area contributed by atoms with Crippen molar-refractivity contribution in [3.05, 3.63) is 29.3 Å². The predicted octanol–water partition coefficient (Wildman–Crippen LogP) is 2.51. The molecule has 0 unspecified atom stereocenters. The molecule has 1 aromatic rings. The second-order valence-corrected chi connectivity index (χ2v) is 3.98. The van der Waals surface area contributed by atoms with E-state index < -0.39 is 0 Å². The van der Waals surface area contributed by atoms with Gasteiger partial charge in [-0.15, -0.1) is 0 Å². The van der Waals surface area contributed by atoms with E-state index >= 15 is 0 Å². The summed E-state index contributed by atoms with van der Waals surface area (Å²) >= 11 is 0. The highest BCUT2D eigenvalue weighted by molar-refractivity contribution is 5.50. The minimum absolute atomic E-state index is 0.215. The van der Waals surface area contributed by atoms with Crippen LogP contribution in [0, 0.1) is 13.8 Å². The average Bonchev–Trinajstić information content (AvgIpc) is 2.22. The Bertz CT molecular complexity index is 303. The van der Waals surface area contributed by atoms with E-state index in [1.54, 1.807) is 0 Å². The van der Waals surface area contributed by atoms with Crippen molar-refractivity contribution in [2.75, 3.05) is 24.6 Å². The van der Waals surface area contributed by atoms with Crippen LogP contribution in [0.4, 0.5) is 5.69 Å². The highest BCUT2D eigenvalue weighted by Gasteiger charge is 2.05. The first-order chi connectivity index (χ1) is 7.19. The van der Waals surface area contributed by atoms with Crippen LogP contribution >= 0.6 is 0 Å². The molecule has 0 heterocycles. The molecule has 0 spiro atoms. The summed E-state index contributed by atoms with van der Waals surface area (Å²) < 4.78 is 0. The van der Waals surface area contributed by atoms with Crippen molar-refractivity contribution in [2.24, 2.45) is 0 Å². The summed E-state index contributed by atoms with van der Waals surface area (Å²) in [6.07, 6.45) is 1.10. The zero-order valence-electron chi connectivity index (χ0n) is 9.95. The van der Waals surface area contributed by atoms with Crippen molar-refractivity contribution in [2.45, 2.75) is 27.2 Å². The van der Waals surface area contributed by atoms with Crippen LogP contribution in [0.25, 0.3) is 0 Å². The normalized spacial score (nSPS) is 10.4. The van der Waals surface area contributed by atoms with E-state index in [9.17, 15) is 0 Å². The smallest absolute Gasteiger partial charge is 0.0606 e. The van der Waals surface area contributed by atoms with Gasteiger partial charge in [-0.2, -0.15) is 0 Å². The Hall–Kier alpha value is -1.02. The van der Waals surface area contributed by atoms with Gasteiger partial charge >= 0.3 is 0 Å². The minimum Gasteiger partial charge on any atom is -0.395 e. The molecule has 0 aliphatic rings. The molecular formula is C13H21NO. The number of anilines is 1. The van der Waals surface area contributed by atoms with Crippen molar-refractivity contribution in [3.63, 3.8) is 0 Å². The van der Waals surface area contributed by atoms with E-state index in [2.05, 4.69) is 43.9 Å². The number of hydrogen-bond acceptors (Lipinski definition) is 2. The summed E-state index contributed by atoms with van der Waals surface area (Å²) in [5.74, 6) is 0. The van der Waals surface area contributed by atoms with Gasteiger partial charge in [0.15, 0.2) is 0 Å². The molecule has 0 saturated heterocycles. The fourth-order valence-corrected chi connectivity index (χ4v) is 1.68. The Kier molecular flexibility index (Phi) is 4.63. The van der Waals surface area contributed by atoms with Crippen LogP contribution in [0.2, 0.25) is 0 Å². The number of rotatable bonds is 5. The molecule has 0 aliphatic heterocycles. The molecule has 0 amide bonds. The largest absolute Gasteiger partial charge is 0.395 e. The lowest BCUT2D eigenvalue weighted by atomic mass is 10.1. The third-order valence-corrected chi connectivity index (χ3v) is 2.72. The van der Waals surface area contributed by atoms with Crippen LogP contribution in [-0.4, -0.2) is 24.8 Å². The topological polar surface area (TPSA) is 23.5 Å². The van der Waals surface area contributed by atoms with Crippen molar-refractivity contribution >= 4 is 5.69 Å². The quantitative estimate of drug-likeness (QED) is 0.802. The molecule has 2 heteroatoms. The molecule has 0 fully saturated rings. The van der Waals surface area contributed by atoms with Crippen molar-refractivity contribution in [1.82, 2.24) is 0 Å². The highest BCUT2D eigenvalue weighted by atomic mass is 16.3. The van der Waals surface area contributed by atoms with Crippen molar-refractivity contribution in [3.8, 4) is 0 Å². The maximum Gasteiger partial charge on any atom is 0.0606 e. The molecule has 0 bridgehead atoms. The highest BCUT2D eigenvalue weighted by Crippen LogP contribution is 2.18. The van der Waals surface area contributed by atoms with Crippen molar-refractivity contribution in [1.29, 1.82) is 0 Å². The van der Waals surface area contributed by atoms with Gasteiger partial charge in [-0.05, 0) is 43.5 Å². The Morgan fingerprint density at radius 3 is 2.40 bits per heavy atom. The number of aliphatic hydroxyl groups is 1. The molecule has 1 N–H and O–H groups in total. The van der Waals surface area contributed by atoms with Gasteiger partial charge in [-0.3, -0.25) is 0 Å². The molecule has 15 heavy (non-hydrogen) atoms. The molecule has 0 aromatic heterocycles. The lowest BCUT2D eigenvalue weighted by Gasteiger charge is -2.24. The van der Waals surface area contributed by atoms with Crippen LogP contribution in [0.15, 0.2) is 18.2 Å². The van der Waals surface area contributed by atoms with Gasteiger partial charge in [0.25, 0.3) is 0 Å². The first-order valence-corrected chi connectivity index (χ1v) is 5.62. The molecular weight excluding hydrogens is 186 g/mol. The summed E-state index contributed by atoms with van der Waals surface area (Å²) in [7, 11) is 0. The monoisotopic (exact) mass is 207 g/mol. The molecule has 84 valence electrons. The SMILES string of the molecule is CCCN(CCO)c1ccc(C)c(C)c1. The number of nitrogens with zero attached hydrogens (tertiary/aromatic N) is 1. The molecule has 0 atom stereocenters. The lowest BCUT2D eigenvalue weighted by molar-refractivity contribution is 0.302. The molecule has 0 aliphatic carbocycles. The second kappa shape index (κ2) is 5.76. The fourth-order valence-electron chi connectivity index (χ4n) is 1.68. The van der Waals surface area contributed by atoms with Crippen molar-refractivity contribution < 1.29 is 5.11 Å². The Labute approximate surface area is 92.5 Å².